The molecule has 0 atom stereocenters. The molecule has 0 aromatic carbocycles. The monoisotopic (exact) mass is 276 g/mol. The fraction of sp³-hybridized carbons (Fsp3) is 0.385. The number of ether oxygens (including phenoxy) is 1. The van der Waals surface area contributed by atoms with Crippen molar-refractivity contribution >= 4 is 22.4 Å². The first-order chi connectivity index (χ1) is 9.34. The smallest absolute Gasteiger partial charge is 0.147 e. The minimum absolute atomic E-state index is 0.434. The SMILES string of the molecule is Nc1nsc(NC2CCOCC2)c1-c1cccnc1. The molecule has 19 heavy (non-hydrogen) atoms. The number of anilines is 2. The number of nitrogens with two attached hydrogens (primary N) is 1. The number of nitrogens with zero attached hydrogens (tertiary/aromatic N) is 2. The molecule has 1 saturated heterocycles. The molecule has 1 fully saturated rings. The Hall–Kier alpha value is -1.66. The van der Waals surface area contributed by atoms with E-state index in [4.69, 9.17) is 10.5 Å². The van der Waals surface area contributed by atoms with E-state index < -0.39 is 0 Å². The molecule has 0 aliphatic carbocycles. The van der Waals surface area contributed by atoms with Crippen molar-refractivity contribution in [3.63, 3.8) is 0 Å². The van der Waals surface area contributed by atoms with Gasteiger partial charge in [0.15, 0.2) is 0 Å². The van der Waals surface area contributed by atoms with E-state index in [0.717, 1.165) is 42.2 Å². The van der Waals surface area contributed by atoms with Gasteiger partial charge in [-0.15, -0.1) is 0 Å². The highest BCUT2D eigenvalue weighted by Gasteiger charge is 2.19. The third-order valence-corrected chi connectivity index (χ3v) is 4.02. The Morgan fingerprint density at radius 1 is 1.37 bits per heavy atom. The maximum absolute atomic E-state index is 5.99. The average molecular weight is 276 g/mol. The molecular formula is C13H16N4OS. The summed E-state index contributed by atoms with van der Waals surface area (Å²) in [6, 6.07) is 4.34. The zero-order valence-corrected chi connectivity index (χ0v) is 11.3. The number of nitrogen functional groups attached to an aromatic ring is 1. The highest BCUT2D eigenvalue weighted by atomic mass is 32.1. The molecule has 6 heteroatoms. The summed E-state index contributed by atoms with van der Waals surface area (Å²) in [6.07, 6.45) is 5.61. The van der Waals surface area contributed by atoms with E-state index in [1.165, 1.54) is 11.5 Å². The molecule has 1 aliphatic rings. The number of pyridine rings is 1. The second-order valence-electron chi connectivity index (χ2n) is 4.54. The Labute approximate surface area is 116 Å². The molecule has 3 rings (SSSR count). The summed E-state index contributed by atoms with van der Waals surface area (Å²) in [6.45, 7) is 1.63. The first-order valence-corrected chi connectivity index (χ1v) is 7.12. The second kappa shape index (κ2) is 5.54. The zero-order valence-electron chi connectivity index (χ0n) is 10.5. The van der Waals surface area contributed by atoms with Crippen LogP contribution in [0.15, 0.2) is 24.5 Å². The van der Waals surface area contributed by atoms with Gasteiger partial charge in [0.25, 0.3) is 0 Å². The van der Waals surface area contributed by atoms with Crippen LogP contribution in [0.3, 0.4) is 0 Å². The van der Waals surface area contributed by atoms with Gasteiger partial charge in [0, 0.05) is 37.2 Å². The summed E-state index contributed by atoms with van der Waals surface area (Å²) in [5.41, 5.74) is 7.95. The summed E-state index contributed by atoms with van der Waals surface area (Å²) < 4.78 is 9.63. The van der Waals surface area contributed by atoms with Gasteiger partial charge in [-0.25, -0.2) is 0 Å². The van der Waals surface area contributed by atoms with E-state index in [0.29, 0.717) is 11.9 Å². The number of hydrogen-bond donors (Lipinski definition) is 2. The standard InChI is InChI=1S/C13H16N4OS/c14-12-11(9-2-1-5-15-8-9)13(19-17-12)16-10-3-6-18-7-4-10/h1-2,5,8,10,16H,3-4,6-7H2,(H2,14,17). The first kappa shape index (κ1) is 12.4. The van der Waals surface area contributed by atoms with E-state index >= 15 is 0 Å². The van der Waals surface area contributed by atoms with Crippen molar-refractivity contribution in [3.8, 4) is 11.1 Å². The third-order valence-electron chi connectivity index (χ3n) is 3.23. The molecule has 0 amide bonds. The number of nitrogens with one attached hydrogen (secondary N) is 1. The van der Waals surface area contributed by atoms with Gasteiger partial charge in [0.2, 0.25) is 0 Å². The molecule has 2 aromatic rings. The third kappa shape index (κ3) is 2.69. The van der Waals surface area contributed by atoms with Crippen molar-refractivity contribution in [2.45, 2.75) is 18.9 Å². The second-order valence-corrected chi connectivity index (χ2v) is 5.32. The van der Waals surface area contributed by atoms with Crippen molar-refractivity contribution in [1.29, 1.82) is 0 Å². The lowest BCUT2D eigenvalue weighted by Gasteiger charge is -2.23. The average Bonchev–Trinajstić information content (AvgIpc) is 2.82. The largest absolute Gasteiger partial charge is 0.382 e. The fourth-order valence-electron chi connectivity index (χ4n) is 2.22. The zero-order chi connectivity index (χ0) is 13.1. The molecule has 0 unspecified atom stereocenters. The summed E-state index contributed by atoms with van der Waals surface area (Å²) in [5, 5.41) is 4.56. The highest BCUT2D eigenvalue weighted by molar-refractivity contribution is 7.11. The molecule has 0 bridgehead atoms. The maximum atomic E-state index is 5.99. The molecule has 3 heterocycles. The minimum Gasteiger partial charge on any atom is -0.382 e. The summed E-state index contributed by atoms with van der Waals surface area (Å²) >= 11 is 1.41. The Balaban J connectivity index is 1.86. The van der Waals surface area contributed by atoms with Gasteiger partial charge < -0.3 is 15.8 Å². The van der Waals surface area contributed by atoms with E-state index in [2.05, 4.69) is 14.7 Å². The van der Waals surface area contributed by atoms with Gasteiger partial charge >= 0.3 is 0 Å². The van der Waals surface area contributed by atoms with Gasteiger partial charge in [0.1, 0.15) is 10.8 Å². The van der Waals surface area contributed by atoms with Crippen molar-refractivity contribution in [1.82, 2.24) is 9.36 Å². The fourth-order valence-corrected chi connectivity index (χ4v) is 3.03. The lowest BCUT2D eigenvalue weighted by molar-refractivity contribution is 0.0905. The van der Waals surface area contributed by atoms with Crippen molar-refractivity contribution in [2.75, 3.05) is 24.3 Å². The highest BCUT2D eigenvalue weighted by Crippen LogP contribution is 2.37. The topological polar surface area (TPSA) is 73.1 Å². The first-order valence-electron chi connectivity index (χ1n) is 6.34. The van der Waals surface area contributed by atoms with Crippen LogP contribution in [0.4, 0.5) is 10.8 Å². The Bertz CT molecular complexity index is 537. The Morgan fingerprint density at radius 3 is 2.95 bits per heavy atom. The van der Waals surface area contributed by atoms with Crippen LogP contribution < -0.4 is 11.1 Å². The van der Waals surface area contributed by atoms with Crippen LogP contribution in [0.25, 0.3) is 11.1 Å². The van der Waals surface area contributed by atoms with Crippen LogP contribution in [0.5, 0.6) is 0 Å². The molecule has 100 valence electrons. The molecule has 0 saturated carbocycles. The number of aromatic nitrogens is 2. The Morgan fingerprint density at radius 2 is 2.21 bits per heavy atom. The normalized spacial score (nSPS) is 16.4. The van der Waals surface area contributed by atoms with Crippen molar-refractivity contribution in [3.05, 3.63) is 24.5 Å². The predicted molar refractivity (Wildman–Crippen MR) is 77.2 cm³/mol. The van der Waals surface area contributed by atoms with Crippen LogP contribution in [0.1, 0.15) is 12.8 Å². The molecule has 3 N–H and O–H groups in total. The quantitative estimate of drug-likeness (QED) is 0.900. The lowest BCUT2D eigenvalue weighted by Crippen LogP contribution is -2.27. The number of rotatable bonds is 3. The van der Waals surface area contributed by atoms with Crippen LogP contribution >= 0.6 is 11.5 Å². The summed E-state index contributed by atoms with van der Waals surface area (Å²) in [5.74, 6) is 0.563. The maximum Gasteiger partial charge on any atom is 0.147 e. The van der Waals surface area contributed by atoms with Crippen LogP contribution in [-0.2, 0) is 4.74 Å². The molecular weight excluding hydrogens is 260 g/mol. The van der Waals surface area contributed by atoms with Crippen molar-refractivity contribution < 1.29 is 4.74 Å². The minimum atomic E-state index is 0.434. The van der Waals surface area contributed by atoms with Crippen LogP contribution in [0, 0.1) is 0 Å². The molecule has 0 spiro atoms. The van der Waals surface area contributed by atoms with Gasteiger partial charge in [-0.3, -0.25) is 4.98 Å². The lowest BCUT2D eigenvalue weighted by atomic mass is 10.1. The number of hydrogen-bond acceptors (Lipinski definition) is 6. The molecule has 5 nitrogen and oxygen atoms in total. The molecule has 0 radical (unpaired) electrons. The summed E-state index contributed by atoms with van der Waals surface area (Å²) in [4.78, 5) is 4.14. The Kier molecular flexibility index (Phi) is 3.61. The van der Waals surface area contributed by atoms with Gasteiger partial charge in [0.05, 0.1) is 5.56 Å². The summed E-state index contributed by atoms with van der Waals surface area (Å²) in [7, 11) is 0. The van der Waals surface area contributed by atoms with E-state index in [1.54, 1.807) is 6.20 Å². The predicted octanol–water partition coefficient (Wildman–Crippen LogP) is 2.38. The van der Waals surface area contributed by atoms with E-state index in [-0.39, 0.29) is 0 Å². The van der Waals surface area contributed by atoms with Crippen LogP contribution in [-0.4, -0.2) is 28.6 Å². The van der Waals surface area contributed by atoms with E-state index in [9.17, 15) is 0 Å². The van der Waals surface area contributed by atoms with Gasteiger partial charge in [-0.1, -0.05) is 6.07 Å². The molecule has 1 aliphatic heterocycles. The molecule has 2 aromatic heterocycles. The van der Waals surface area contributed by atoms with Gasteiger partial charge in [-0.2, -0.15) is 4.37 Å². The van der Waals surface area contributed by atoms with Crippen molar-refractivity contribution in [2.24, 2.45) is 0 Å². The van der Waals surface area contributed by atoms with E-state index in [1.807, 2.05) is 18.3 Å². The van der Waals surface area contributed by atoms with Crippen LogP contribution in [0.2, 0.25) is 0 Å². The van der Waals surface area contributed by atoms with Gasteiger partial charge in [-0.05, 0) is 30.4 Å².